The van der Waals surface area contributed by atoms with E-state index < -0.39 is 10.2 Å². The maximum Gasteiger partial charge on any atom is 0.301 e. The molecule has 2 rings (SSSR count). The number of fused-ring (bicyclic) bond motifs is 1. The normalized spacial score (nSPS) is 15.0. The molecule has 0 atom stereocenters. The standard InChI is InChI=1S/C11H17N3O2S/c1-2-7-13-17(15,16)14-8-6-9-4-3-5-10(12)11(9)14/h3-5,13H,2,6-8,12H2,1H3. The summed E-state index contributed by atoms with van der Waals surface area (Å²) < 4.78 is 28.1. The van der Waals surface area contributed by atoms with E-state index in [1.165, 1.54) is 4.31 Å². The number of para-hydroxylation sites is 1. The second-order valence-corrected chi connectivity index (χ2v) is 5.76. The lowest BCUT2D eigenvalue weighted by molar-refractivity contribution is 0.577. The summed E-state index contributed by atoms with van der Waals surface area (Å²) in [6, 6.07) is 5.50. The summed E-state index contributed by atoms with van der Waals surface area (Å²) in [4.78, 5) is 0. The highest BCUT2D eigenvalue weighted by molar-refractivity contribution is 7.90. The summed E-state index contributed by atoms with van der Waals surface area (Å²) in [5, 5.41) is 0. The van der Waals surface area contributed by atoms with Crippen molar-refractivity contribution in [2.45, 2.75) is 19.8 Å². The van der Waals surface area contributed by atoms with Crippen LogP contribution in [0.5, 0.6) is 0 Å². The van der Waals surface area contributed by atoms with Gasteiger partial charge in [0.15, 0.2) is 0 Å². The maximum atomic E-state index is 12.1. The van der Waals surface area contributed by atoms with E-state index in [0.29, 0.717) is 30.9 Å². The Bertz CT molecular complexity index is 513. The molecule has 1 aromatic rings. The Hall–Kier alpha value is -1.27. The Morgan fingerprint density at radius 1 is 1.47 bits per heavy atom. The minimum Gasteiger partial charge on any atom is -0.397 e. The Labute approximate surface area is 102 Å². The van der Waals surface area contributed by atoms with E-state index in [0.717, 1.165) is 12.0 Å². The molecule has 0 fully saturated rings. The minimum absolute atomic E-state index is 0.445. The number of nitrogens with one attached hydrogen (secondary N) is 1. The number of hydrogen-bond acceptors (Lipinski definition) is 3. The van der Waals surface area contributed by atoms with Crippen LogP contribution >= 0.6 is 0 Å². The lowest BCUT2D eigenvalue weighted by Crippen LogP contribution is -2.40. The van der Waals surface area contributed by atoms with Crippen LogP contribution in [0, 0.1) is 0 Å². The van der Waals surface area contributed by atoms with Crippen molar-refractivity contribution in [3.8, 4) is 0 Å². The fourth-order valence-corrected chi connectivity index (χ4v) is 3.41. The van der Waals surface area contributed by atoms with Crippen molar-refractivity contribution in [3.05, 3.63) is 23.8 Å². The zero-order valence-corrected chi connectivity index (χ0v) is 10.6. The fourth-order valence-electron chi connectivity index (χ4n) is 2.00. The molecule has 0 unspecified atom stereocenters. The van der Waals surface area contributed by atoms with Crippen LogP contribution in [0.25, 0.3) is 0 Å². The smallest absolute Gasteiger partial charge is 0.301 e. The number of anilines is 2. The predicted molar refractivity (Wildman–Crippen MR) is 69.1 cm³/mol. The summed E-state index contributed by atoms with van der Waals surface area (Å²) in [7, 11) is -3.45. The van der Waals surface area contributed by atoms with Crippen LogP contribution in [0.1, 0.15) is 18.9 Å². The van der Waals surface area contributed by atoms with Gasteiger partial charge in [0.1, 0.15) is 0 Å². The zero-order chi connectivity index (χ0) is 12.5. The molecule has 0 radical (unpaired) electrons. The summed E-state index contributed by atoms with van der Waals surface area (Å²) in [5.41, 5.74) is 8.00. The predicted octanol–water partition coefficient (Wildman–Crippen LogP) is 0.876. The van der Waals surface area contributed by atoms with Gasteiger partial charge in [0, 0.05) is 13.1 Å². The average molecular weight is 255 g/mol. The van der Waals surface area contributed by atoms with Crippen molar-refractivity contribution in [1.29, 1.82) is 0 Å². The van der Waals surface area contributed by atoms with Gasteiger partial charge in [-0.3, -0.25) is 4.31 Å². The van der Waals surface area contributed by atoms with Gasteiger partial charge in [-0.25, -0.2) is 0 Å². The van der Waals surface area contributed by atoms with Crippen LogP contribution < -0.4 is 14.8 Å². The third-order valence-electron chi connectivity index (χ3n) is 2.81. The van der Waals surface area contributed by atoms with Gasteiger partial charge in [0.25, 0.3) is 0 Å². The Kier molecular flexibility index (Phi) is 3.26. The average Bonchev–Trinajstić information content (AvgIpc) is 2.72. The van der Waals surface area contributed by atoms with E-state index in [1.807, 2.05) is 19.1 Å². The van der Waals surface area contributed by atoms with Crippen LogP contribution in [0.4, 0.5) is 11.4 Å². The van der Waals surface area contributed by atoms with Crippen molar-refractivity contribution >= 4 is 21.6 Å². The van der Waals surface area contributed by atoms with Crippen LogP contribution in [-0.4, -0.2) is 21.5 Å². The van der Waals surface area contributed by atoms with Gasteiger partial charge in [-0.05, 0) is 24.5 Å². The van der Waals surface area contributed by atoms with Gasteiger partial charge in [0.2, 0.25) is 0 Å². The highest BCUT2D eigenvalue weighted by atomic mass is 32.2. The molecule has 5 nitrogen and oxygen atoms in total. The molecule has 94 valence electrons. The number of rotatable bonds is 4. The first-order chi connectivity index (χ1) is 8.06. The molecule has 0 aliphatic carbocycles. The fraction of sp³-hybridized carbons (Fsp3) is 0.455. The number of nitrogens with zero attached hydrogens (tertiary/aromatic N) is 1. The first-order valence-electron chi connectivity index (χ1n) is 5.71. The van der Waals surface area contributed by atoms with E-state index in [4.69, 9.17) is 5.73 Å². The molecule has 1 aliphatic rings. The zero-order valence-electron chi connectivity index (χ0n) is 9.81. The molecule has 0 bridgehead atoms. The lowest BCUT2D eigenvalue weighted by atomic mass is 10.1. The number of benzene rings is 1. The molecule has 0 aromatic heterocycles. The van der Waals surface area contributed by atoms with E-state index in [2.05, 4.69) is 4.72 Å². The van der Waals surface area contributed by atoms with Crippen molar-refractivity contribution in [2.24, 2.45) is 0 Å². The Balaban J connectivity index is 2.34. The highest BCUT2D eigenvalue weighted by Gasteiger charge is 2.30. The lowest BCUT2D eigenvalue weighted by Gasteiger charge is -2.20. The summed E-state index contributed by atoms with van der Waals surface area (Å²) >= 11 is 0. The molecule has 17 heavy (non-hydrogen) atoms. The van der Waals surface area contributed by atoms with Crippen molar-refractivity contribution in [1.82, 2.24) is 4.72 Å². The molecule has 1 aliphatic heterocycles. The minimum atomic E-state index is -3.45. The highest BCUT2D eigenvalue weighted by Crippen LogP contribution is 2.34. The van der Waals surface area contributed by atoms with Gasteiger partial charge < -0.3 is 5.73 Å². The van der Waals surface area contributed by atoms with E-state index in [1.54, 1.807) is 6.07 Å². The molecule has 0 saturated carbocycles. The van der Waals surface area contributed by atoms with Gasteiger partial charge in [0.05, 0.1) is 11.4 Å². The van der Waals surface area contributed by atoms with Crippen LogP contribution in [-0.2, 0) is 16.6 Å². The van der Waals surface area contributed by atoms with E-state index in [9.17, 15) is 8.42 Å². The molecular weight excluding hydrogens is 238 g/mol. The SMILES string of the molecule is CCCNS(=O)(=O)N1CCc2cccc(N)c21. The maximum absolute atomic E-state index is 12.1. The molecule has 6 heteroatoms. The second-order valence-electron chi connectivity index (χ2n) is 4.08. The van der Waals surface area contributed by atoms with Gasteiger partial charge in [-0.15, -0.1) is 0 Å². The largest absolute Gasteiger partial charge is 0.397 e. The summed E-state index contributed by atoms with van der Waals surface area (Å²) in [6.07, 6.45) is 1.48. The Morgan fingerprint density at radius 3 is 2.94 bits per heavy atom. The molecular formula is C11H17N3O2S. The van der Waals surface area contributed by atoms with Crippen LogP contribution in [0.2, 0.25) is 0 Å². The number of nitrogen functional groups attached to an aromatic ring is 1. The summed E-state index contributed by atoms with van der Waals surface area (Å²) in [6.45, 7) is 2.83. The van der Waals surface area contributed by atoms with Crippen molar-refractivity contribution < 1.29 is 8.42 Å². The monoisotopic (exact) mass is 255 g/mol. The number of hydrogen-bond donors (Lipinski definition) is 2. The summed E-state index contributed by atoms with van der Waals surface area (Å²) in [5.74, 6) is 0. The topological polar surface area (TPSA) is 75.4 Å². The Morgan fingerprint density at radius 2 is 2.24 bits per heavy atom. The van der Waals surface area contributed by atoms with Crippen LogP contribution in [0.3, 0.4) is 0 Å². The van der Waals surface area contributed by atoms with Crippen molar-refractivity contribution in [3.63, 3.8) is 0 Å². The van der Waals surface area contributed by atoms with Gasteiger partial charge in [-0.2, -0.15) is 13.1 Å². The van der Waals surface area contributed by atoms with Crippen LogP contribution in [0.15, 0.2) is 18.2 Å². The second kappa shape index (κ2) is 4.54. The van der Waals surface area contributed by atoms with Gasteiger partial charge in [-0.1, -0.05) is 19.1 Å². The molecule has 0 amide bonds. The van der Waals surface area contributed by atoms with Crippen molar-refractivity contribution in [2.75, 3.05) is 23.1 Å². The molecule has 1 aromatic carbocycles. The number of nitrogens with two attached hydrogens (primary N) is 1. The third-order valence-corrected chi connectivity index (χ3v) is 4.32. The molecule has 0 saturated heterocycles. The third kappa shape index (κ3) is 2.23. The molecule has 0 spiro atoms. The first-order valence-corrected chi connectivity index (χ1v) is 7.15. The van der Waals surface area contributed by atoms with Gasteiger partial charge >= 0.3 is 10.2 Å². The first kappa shape index (κ1) is 12.2. The van der Waals surface area contributed by atoms with E-state index in [-0.39, 0.29) is 0 Å². The van der Waals surface area contributed by atoms with E-state index >= 15 is 0 Å². The molecule has 3 N–H and O–H groups in total. The molecule has 1 heterocycles. The quantitative estimate of drug-likeness (QED) is 0.784.